The first-order valence-corrected chi connectivity index (χ1v) is 14.5. The molecular weight excluding hydrogens is 546 g/mol. The molecule has 206 valence electrons. The van der Waals surface area contributed by atoms with Gasteiger partial charge in [0.25, 0.3) is 11.2 Å². The Morgan fingerprint density at radius 1 is 0.952 bits per heavy atom. The van der Waals surface area contributed by atoms with E-state index < -0.39 is 11.0 Å². The number of hydrogen-bond donors (Lipinski definition) is 0. The number of nitro benzene ring substituents is 1. The van der Waals surface area contributed by atoms with Crippen LogP contribution < -0.4 is 19.6 Å². The molecule has 1 aliphatic heterocycles. The molecule has 2 aliphatic rings. The van der Waals surface area contributed by atoms with Crippen molar-refractivity contribution in [3.63, 3.8) is 0 Å². The molecule has 5 aromatic rings. The Hall–Kier alpha value is -5.08. The standard InChI is InChI=1S/C34H25N3O4S/c38-33-30(20-24-12-5-7-16-29(24)41-21-22-9-2-1-3-10-22)42-34-35-31-27-15-6-4-11-23(27)17-18-28(31)32(36(33)34)25-13-8-14-26(19-25)37(39)40/h1-16,19-20,32H,17-18,21H2/b30-20+/t32-/m1/s1. The van der Waals surface area contributed by atoms with Gasteiger partial charge >= 0.3 is 0 Å². The summed E-state index contributed by atoms with van der Waals surface area (Å²) in [6.07, 6.45) is 3.38. The van der Waals surface area contributed by atoms with E-state index >= 15 is 0 Å². The lowest BCUT2D eigenvalue weighted by Gasteiger charge is -2.30. The highest BCUT2D eigenvalue weighted by Crippen LogP contribution is 2.41. The molecule has 1 atom stereocenters. The lowest BCUT2D eigenvalue weighted by atomic mass is 9.83. The molecule has 8 heteroatoms. The van der Waals surface area contributed by atoms with Gasteiger partial charge in [0.05, 0.1) is 21.2 Å². The molecule has 0 unspecified atom stereocenters. The van der Waals surface area contributed by atoms with Crippen LogP contribution >= 0.6 is 11.3 Å². The van der Waals surface area contributed by atoms with Gasteiger partial charge in [-0.15, -0.1) is 0 Å². The Balaban J connectivity index is 1.38. The van der Waals surface area contributed by atoms with Crippen LogP contribution in [0.15, 0.2) is 118 Å². The molecule has 1 aliphatic carbocycles. The molecule has 0 bridgehead atoms. The summed E-state index contributed by atoms with van der Waals surface area (Å²) in [5, 5.41) is 11.7. The second-order valence-corrected chi connectivity index (χ2v) is 11.3. The number of rotatable bonds is 6. The van der Waals surface area contributed by atoms with Gasteiger partial charge < -0.3 is 4.74 Å². The molecule has 2 heterocycles. The van der Waals surface area contributed by atoms with E-state index in [1.54, 1.807) is 16.7 Å². The summed E-state index contributed by atoms with van der Waals surface area (Å²) in [5.74, 6) is 0.677. The number of aromatic nitrogens is 1. The number of nitro groups is 1. The highest BCUT2D eigenvalue weighted by Gasteiger charge is 2.33. The van der Waals surface area contributed by atoms with Crippen molar-refractivity contribution in [1.29, 1.82) is 0 Å². The Bertz CT molecular complexity index is 2060. The van der Waals surface area contributed by atoms with Gasteiger partial charge in [0.2, 0.25) is 0 Å². The fourth-order valence-electron chi connectivity index (χ4n) is 5.74. The zero-order valence-electron chi connectivity index (χ0n) is 22.5. The van der Waals surface area contributed by atoms with E-state index in [4.69, 9.17) is 9.73 Å². The van der Waals surface area contributed by atoms with Gasteiger partial charge in [0, 0.05) is 23.3 Å². The number of aryl methyl sites for hydroxylation is 1. The van der Waals surface area contributed by atoms with Crippen molar-refractivity contribution in [3.05, 3.63) is 166 Å². The Morgan fingerprint density at radius 3 is 2.60 bits per heavy atom. The van der Waals surface area contributed by atoms with Crippen LogP contribution in [0, 0.1) is 10.1 Å². The summed E-state index contributed by atoms with van der Waals surface area (Å²) in [6.45, 7) is 0.409. The van der Waals surface area contributed by atoms with Crippen molar-refractivity contribution in [2.45, 2.75) is 25.5 Å². The Kier molecular flexibility index (Phi) is 6.60. The molecule has 7 rings (SSSR count). The molecule has 42 heavy (non-hydrogen) atoms. The first-order chi connectivity index (χ1) is 20.6. The maximum absolute atomic E-state index is 14.1. The molecule has 0 amide bonds. The van der Waals surface area contributed by atoms with Crippen LogP contribution in [-0.4, -0.2) is 9.49 Å². The van der Waals surface area contributed by atoms with Crippen LogP contribution in [0.1, 0.15) is 40.3 Å². The van der Waals surface area contributed by atoms with Crippen molar-refractivity contribution in [2.24, 2.45) is 4.99 Å². The zero-order valence-corrected chi connectivity index (χ0v) is 23.3. The van der Waals surface area contributed by atoms with Gasteiger partial charge in [-0.25, -0.2) is 4.99 Å². The monoisotopic (exact) mass is 571 g/mol. The van der Waals surface area contributed by atoms with Crippen LogP contribution in [0.25, 0.3) is 11.8 Å². The highest BCUT2D eigenvalue weighted by molar-refractivity contribution is 7.07. The third kappa shape index (κ3) is 4.65. The summed E-state index contributed by atoms with van der Waals surface area (Å²) < 4.78 is 8.37. The van der Waals surface area contributed by atoms with Crippen LogP contribution in [0.4, 0.5) is 5.69 Å². The van der Waals surface area contributed by atoms with Gasteiger partial charge in [-0.1, -0.05) is 96.3 Å². The minimum absolute atomic E-state index is 0.00511. The number of ether oxygens (including phenoxy) is 1. The van der Waals surface area contributed by atoms with E-state index in [-0.39, 0.29) is 11.2 Å². The average Bonchev–Trinajstić information content (AvgIpc) is 3.34. The largest absolute Gasteiger partial charge is 0.488 e. The van der Waals surface area contributed by atoms with E-state index in [2.05, 4.69) is 12.1 Å². The molecule has 0 saturated heterocycles. The van der Waals surface area contributed by atoms with Crippen LogP contribution in [0.2, 0.25) is 0 Å². The highest BCUT2D eigenvalue weighted by atomic mass is 32.1. The molecule has 0 spiro atoms. The summed E-state index contributed by atoms with van der Waals surface area (Å²) in [5.41, 5.74) is 6.47. The Morgan fingerprint density at radius 2 is 1.74 bits per heavy atom. The molecule has 0 fully saturated rings. The van der Waals surface area contributed by atoms with E-state index in [1.165, 1.54) is 23.0 Å². The van der Waals surface area contributed by atoms with Crippen LogP contribution in [0.3, 0.4) is 0 Å². The SMILES string of the molecule is O=c1/c(=C\c2ccccc2OCc2ccccc2)sc2n1[C@H](c1cccc([N+](=O)[O-])c1)C1=C(N=2)c2ccccc2CC1. The summed E-state index contributed by atoms with van der Waals surface area (Å²) in [7, 11) is 0. The first-order valence-electron chi connectivity index (χ1n) is 13.7. The van der Waals surface area contributed by atoms with Gasteiger partial charge in [-0.2, -0.15) is 0 Å². The van der Waals surface area contributed by atoms with Crippen molar-refractivity contribution < 1.29 is 9.66 Å². The molecule has 1 aromatic heterocycles. The van der Waals surface area contributed by atoms with E-state index in [1.807, 2.05) is 78.9 Å². The third-order valence-electron chi connectivity index (χ3n) is 7.71. The maximum atomic E-state index is 14.1. The Labute approximate surface area is 245 Å². The zero-order chi connectivity index (χ0) is 28.6. The summed E-state index contributed by atoms with van der Waals surface area (Å²) in [4.78, 5) is 31.0. The second kappa shape index (κ2) is 10.7. The predicted octanol–water partition coefficient (Wildman–Crippen LogP) is 5.81. The number of nitrogens with zero attached hydrogens (tertiary/aromatic N) is 3. The van der Waals surface area contributed by atoms with E-state index in [0.29, 0.717) is 33.7 Å². The lowest BCUT2D eigenvalue weighted by molar-refractivity contribution is -0.384. The minimum atomic E-state index is -0.490. The van der Waals surface area contributed by atoms with Crippen molar-refractivity contribution in [3.8, 4) is 5.75 Å². The number of benzene rings is 4. The van der Waals surface area contributed by atoms with Crippen LogP contribution in [0.5, 0.6) is 5.75 Å². The van der Waals surface area contributed by atoms with Crippen molar-refractivity contribution >= 4 is 28.8 Å². The number of non-ortho nitro benzene ring substituents is 1. The number of thiazole rings is 1. The van der Waals surface area contributed by atoms with Crippen molar-refractivity contribution in [2.75, 3.05) is 0 Å². The summed E-state index contributed by atoms with van der Waals surface area (Å²) in [6, 6.07) is 31.9. The topological polar surface area (TPSA) is 86.7 Å². The number of hydrogen-bond acceptors (Lipinski definition) is 6. The molecule has 7 nitrogen and oxygen atoms in total. The van der Waals surface area contributed by atoms with Gasteiger partial charge in [-0.05, 0) is 47.2 Å². The van der Waals surface area contributed by atoms with E-state index in [0.717, 1.165) is 34.4 Å². The minimum Gasteiger partial charge on any atom is -0.488 e. The fraction of sp³-hybridized carbons (Fsp3) is 0.118. The lowest BCUT2D eigenvalue weighted by Crippen LogP contribution is -2.38. The maximum Gasteiger partial charge on any atom is 0.271 e. The van der Waals surface area contributed by atoms with Gasteiger partial charge in [0.15, 0.2) is 4.80 Å². The smallest absolute Gasteiger partial charge is 0.271 e. The van der Waals surface area contributed by atoms with Crippen molar-refractivity contribution in [1.82, 2.24) is 4.57 Å². The molecular formula is C34H25N3O4S. The first kappa shape index (κ1) is 25.9. The third-order valence-corrected chi connectivity index (χ3v) is 8.70. The molecule has 0 radical (unpaired) electrons. The van der Waals surface area contributed by atoms with Gasteiger partial charge in [0.1, 0.15) is 12.4 Å². The van der Waals surface area contributed by atoms with Gasteiger partial charge in [-0.3, -0.25) is 19.5 Å². The molecule has 0 saturated carbocycles. The average molecular weight is 572 g/mol. The molecule has 4 aromatic carbocycles. The predicted molar refractivity (Wildman–Crippen MR) is 163 cm³/mol. The van der Waals surface area contributed by atoms with Crippen LogP contribution in [-0.2, 0) is 13.0 Å². The fourth-order valence-corrected chi connectivity index (χ4v) is 6.73. The van der Waals surface area contributed by atoms with E-state index in [9.17, 15) is 14.9 Å². The number of para-hydroxylation sites is 1. The number of allylic oxidation sites excluding steroid dienone is 1. The summed E-state index contributed by atoms with van der Waals surface area (Å²) >= 11 is 1.32. The second-order valence-electron chi connectivity index (χ2n) is 10.3. The number of fused-ring (bicyclic) bond motifs is 3. The molecule has 0 N–H and O–H groups in total. The quantitative estimate of drug-likeness (QED) is 0.190. The normalized spacial score (nSPS) is 15.8.